The number of para-hydroxylation sites is 2. The number of anilines is 3. The second-order valence-corrected chi connectivity index (χ2v) is 8.91. The molecule has 1 fully saturated rings. The Morgan fingerprint density at radius 1 is 1.03 bits per heavy atom. The normalized spacial score (nSPS) is 18.7. The van der Waals surface area contributed by atoms with Gasteiger partial charge in [-0.2, -0.15) is 13.2 Å². The maximum atomic E-state index is 12.9. The van der Waals surface area contributed by atoms with Crippen molar-refractivity contribution in [3.05, 3.63) is 90.0 Å². The zero-order valence-electron chi connectivity index (χ0n) is 19.6. The number of nitrogens with one attached hydrogen (secondary N) is 1. The summed E-state index contributed by atoms with van der Waals surface area (Å²) >= 11 is 0. The van der Waals surface area contributed by atoms with E-state index in [1.54, 1.807) is 24.3 Å². The molecule has 0 saturated carbocycles. The van der Waals surface area contributed by atoms with Crippen molar-refractivity contribution in [1.82, 2.24) is 5.12 Å². The lowest BCUT2D eigenvalue weighted by Crippen LogP contribution is -2.55. The molecule has 0 amide bonds. The van der Waals surface area contributed by atoms with Gasteiger partial charge in [0.25, 0.3) is 0 Å². The average Bonchev–Trinajstić information content (AvgIpc) is 2.84. The highest BCUT2D eigenvalue weighted by molar-refractivity contribution is 6.02. The number of hydrazine groups is 1. The summed E-state index contributed by atoms with van der Waals surface area (Å²) in [6, 6.07) is 21.6. The zero-order valence-corrected chi connectivity index (χ0v) is 19.6. The minimum Gasteiger partial charge on any atom is -0.386 e. The van der Waals surface area contributed by atoms with E-state index in [-0.39, 0.29) is 12.4 Å². The average molecular weight is 499 g/mol. The van der Waals surface area contributed by atoms with Gasteiger partial charge in [-0.05, 0) is 61.4 Å². The Bertz CT molecular complexity index is 1190. The van der Waals surface area contributed by atoms with E-state index in [4.69, 9.17) is 11.6 Å². The topological polar surface area (TPSA) is 103 Å². The van der Waals surface area contributed by atoms with E-state index in [0.29, 0.717) is 29.9 Å². The highest BCUT2D eigenvalue weighted by Crippen LogP contribution is 2.31. The Labute approximate surface area is 207 Å². The summed E-state index contributed by atoms with van der Waals surface area (Å²) in [6.45, 7) is 1.32. The second-order valence-electron chi connectivity index (χ2n) is 8.91. The maximum Gasteiger partial charge on any atom is 0.416 e. The fourth-order valence-corrected chi connectivity index (χ4v) is 4.34. The monoisotopic (exact) mass is 498 g/mol. The van der Waals surface area contributed by atoms with Crippen molar-refractivity contribution in [2.75, 3.05) is 29.9 Å². The lowest BCUT2D eigenvalue weighted by atomic mass is 9.92. The summed E-state index contributed by atoms with van der Waals surface area (Å²) < 4.78 is 38.6. The van der Waals surface area contributed by atoms with Gasteiger partial charge in [-0.15, -0.1) is 5.10 Å². The minimum atomic E-state index is -4.40. The van der Waals surface area contributed by atoms with Gasteiger partial charge < -0.3 is 21.1 Å². The Morgan fingerprint density at radius 2 is 1.69 bits per heavy atom. The third kappa shape index (κ3) is 6.27. The van der Waals surface area contributed by atoms with Gasteiger partial charge in [0.1, 0.15) is 5.60 Å². The van der Waals surface area contributed by atoms with Gasteiger partial charge >= 0.3 is 6.18 Å². The number of aliphatic hydroxyl groups is 1. The molecule has 3 aromatic carbocycles. The molecule has 1 aliphatic rings. The van der Waals surface area contributed by atoms with Crippen LogP contribution in [0.1, 0.15) is 24.0 Å². The molecule has 190 valence electrons. The van der Waals surface area contributed by atoms with Crippen LogP contribution in [0.5, 0.6) is 0 Å². The van der Waals surface area contributed by atoms with Gasteiger partial charge in [0.15, 0.2) is 5.84 Å². The maximum absolute atomic E-state index is 12.9. The smallest absolute Gasteiger partial charge is 0.386 e. The summed E-state index contributed by atoms with van der Waals surface area (Å²) in [5.41, 5.74) is 7.01. The van der Waals surface area contributed by atoms with E-state index < -0.39 is 17.3 Å². The molecule has 1 heterocycles. The van der Waals surface area contributed by atoms with Gasteiger partial charge in [0, 0.05) is 35.7 Å². The first-order chi connectivity index (χ1) is 17.1. The summed E-state index contributed by atoms with van der Waals surface area (Å²) in [5.74, 6) is 6.24. The van der Waals surface area contributed by atoms with Crippen molar-refractivity contribution in [2.24, 2.45) is 16.7 Å². The van der Waals surface area contributed by atoms with Crippen LogP contribution in [0.3, 0.4) is 0 Å². The lowest BCUT2D eigenvalue weighted by molar-refractivity contribution is -0.137. The van der Waals surface area contributed by atoms with E-state index in [1.807, 2.05) is 30.3 Å². The predicted octanol–water partition coefficient (Wildman–Crippen LogP) is 4.28. The number of hydrogen-bond donors (Lipinski definition) is 4. The third-order valence-electron chi connectivity index (χ3n) is 6.06. The summed E-state index contributed by atoms with van der Waals surface area (Å²) in [6.07, 6.45) is -3.03. The van der Waals surface area contributed by atoms with Gasteiger partial charge in [0.2, 0.25) is 0 Å². The standard InChI is InChI=1S/C26H29F3N6O/c27-26(28,29)19-11-13-20(14-12-19)32-23-10-5-4-9-22(23)24(30)33-35(31)18-25(36)15-6-16-34(17-25)21-7-2-1-3-8-21/h1-5,7-14,32,36H,6,15-18,31H2,(H2,30,33). The summed E-state index contributed by atoms with van der Waals surface area (Å²) in [4.78, 5) is 2.12. The van der Waals surface area contributed by atoms with Gasteiger partial charge in [0.05, 0.1) is 12.1 Å². The number of nitrogens with two attached hydrogens (primary N) is 2. The molecular formula is C26H29F3N6O. The lowest BCUT2D eigenvalue weighted by Gasteiger charge is -2.41. The van der Waals surface area contributed by atoms with E-state index >= 15 is 0 Å². The molecule has 3 aromatic rings. The Kier molecular flexibility index (Phi) is 7.37. The molecular weight excluding hydrogens is 469 g/mol. The molecule has 0 radical (unpaired) electrons. The first-order valence-electron chi connectivity index (χ1n) is 11.6. The highest BCUT2D eigenvalue weighted by Gasteiger charge is 2.35. The van der Waals surface area contributed by atoms with Crippen molar-refractivity contribution in [2.45, 2.75) is 24.6 Å². The van der Waals surface area contributed by atoms with E-state index in [0.717, 1.165) is 35.9 Å². The number of amidine groups is 1. The predicted molar refractivity (Wildman–Crippen MR) is 136 cm³/mol. The van der Waals surface area contributed by atoms with Crippen molar-refractivity contribution in [3.8, 4) is 0 Å². The molecule has 7 nitrogen and oxygen atoms in total. The summed E-state index contributed by atoms with van der Waals surface area (Å²) in [5, 5.41) is 19.7. The molecule has 0 bridgehead atoms. The molecule has 1 saturated heterocycles. The largest absolute Gasteiger partial charge is 0.416 e. The first kappa shape index (κ1) is 25.3. The second kappa shape index (κ2) is 10.5. The number of alkyl halides is 3. The fourth-order valence-electron chi connectivity index (χ4n) is 4.34. The molecule has 0 aromatic heterocycles. The number of hydrogen-bond acceptors (Lipinski definition) is 6. The number of benzene rings is 3. The van der Waals surface area contributed by atoms with Crippen LogP contribution in [-0.4, -0.2) is 41.3 Å². The number of rotatable bonds is 7. The van der Waals surface area contributed by atoms with E-state index in [9.17, 15) is 18.3 Å². The van der Waals surface area contributed by atoms with Crippen molar-refractivity contribution in [3.63, 3.8) is 0 Å². The molecule has 0 spiro atoms. The van der Waals surface area contributed by atoms with Crippen LogP contribution < -0.4 is 21.8 Å². The van der Waals surface area contributed by atoms with Crippen LogP contribution in [0.2, 0.25) is 0 Å². The van der Waals surface area contributed by atoms with Crippen molar-refractivity contribution in [1.29, 1.82) is 0 Å². The Morgan fingerprint density at radius 3 is 2.39 bits per heavy atom. The quantitative estimate of drug-likeness (QED) is 0.168. The van der Waals surface area contributed by atoms with E-state index in [1.165, 1.54) is 12.1 Å². The number of halogens is 3. The van der Waals surface area contributed by atoms with Crippen molar-refractivity contribution >= 4 is 22.9 Å². The SMILES string of the molecule is N/C(=N\N(N)CC1(O)CCCN(c2ccccc2)C1)c1ccccc1Nc1ccc(C(F)(F)F)cc1. The fraction of sp³-hybridized carbons (Fsp3) is 0.269. The minimum absolute atomic E-state index is 0.0749. The van der Waals surface area contributed by atoms with Crippen LogP contribution >= 0.6 is 0 Å². The van der Waals surface area contributed by atoms with Crippen LogP contribution in [0.4, 0.5) is 30.2 Å². The van der Waals surface area contributed by atoms with Gasteiger partial charge in [-0.1, -0.05) is 30.3 Å². The van der Waals surface area contributed by atoms with Crippen LogP contribution in [0.25, 0.3) is 0 Å². The molecule has 10 heteroatoms. The Hall–Kier alpha value is -3.76. The Balaban J connectivity index is 1.45. The molecule has 0 aliphatic carbocycles. The first-order valence-corrected chi connectivity index (χ1v) is 11.6. The van der Waals surface area contributed by atoms with Crippen LogP contribution in [-0.2, 0) is 6.18 Å². The molecule has 1 atom stereocenters. The number of β-amino-alcohol motifs (C(OH)–C–C–N with tert-alkyl or cyclic N) is 1. The highest BCUT2D eigenvalue weighted by atomic mass is 19.4. The van der Waals surface area contributed by atoms with E-state index in [2.05, 4.69) is 15.3 Å². The van der Waals surface area contributed by atoms with Gasteiger partial charge in [-0.25, -0.2) is 11.0 Å². The number of nitrogens with zero attached hydrogens (tertiary/aromatic N) is 3. The van der Waals surface area contributed by atoms with Gasteiger partial charge in [-0.3, -0.25) is 0 Å². The van der Waals surface area contributed by atoms with Crippen LogP contribution in [0, 0.1) is 0 Å². The number of hydrazone groups is 1. The van der Waals surface area contributed by atoms with Crippen molar-refractivity contribution < 1.29 is 18.3 Å². The van der Waals surface area contributed by atoms with Crippen LogP contribution in [0.15, 0.2) is 84.0 Å². The molecule has 1 unspecified atom stereocenters. The molecule has 1 aliphatic heterocycles. The molecule has 6 N–H and O–H groups in total. The zero-order chi connectivity index (χ0) is 25.8. The third-order valence-corrected chi connectivity index (χ3v) is 6.06. The molecule has 4 rings (SSSR count). The number of piperidine rings is 1. The molecule has 36 heavy (non-hydrogen) atoms. The summed E-state index contributed by atoms with van der Waals surface area (Å²) in [7, 11) is 0.